The van der Waals surface area contributed by atoms with Gasteiger partial charge in [0.1, 0.15) is 0 Å². The van der Waals surface area contributed by atoms with E-state index in [0.29, 0.717) is 0 Å². The van der Waals surface area contributed by atoms with Crippen molar-refractivity contribution in [3.63, 3.8) is 0 Å². The molecule has 0 bridgehead atoms. The standard InChI is InChI=1S/C10H8S/c11-10-7-3-6-9(10)8-4-1-2-5-8/h1-7,11H. The van der Waals surface area contributed by atoms with Gasteiger partial charge in [0, 0.05) is 4.91 Å². The molecule has 0 nitrogen and oxygen atoms in total. The largest absolute Gasteiger partial charge is 0.143 e. The van der Waals surface area contributed by atoms with Gasteiger partial charge in [-0.25, -0.2) is 0 Å². The summed E-state index contributed by atoms with van der Waals surface area (Å²) in [5.41, 5.74) is 2.47. The third-order valence-electron chi connectivity index (χ3n) is 1.77. The SMILES string of the molecule is SC1=CC=CC1=C1C=CC=C1. The fourth-order valence-corrected chi connectivity index (χ4v) is 1.50. The molecule has 1 heteroatoms. The van der Waals surface area contributed by atoms with Crippen molar-refractivity contribution in [2.75, 3.05) is 0 Å². The van der Waals surface area contributed by atoms with Crippen LogP contribution >= 0.6 is 12.6 Å². The van der Waals surface area contributed by atoms with Crippen molar-refractivity contribution in [2.45, 2.75) is 0 Å². The van der Waals surface area contributed by atoms with E-state index >= 15 is 0 Å². The van der Waals surface area contributed by atoms with Crippen molar-refractivity contribution in [3.05, 3.63) is 58.6 Å². The monoisotopic (exact) mass is 160 g/mol. The molecular formula is C10H8S. The van der Waals surface area contributed by atoms with Gasteiger partial charge in [0.15, 0.2) is 0 Å². The molecule has 0 aromatic carbocycles. The van der Waals surface area contributed by atoms with Crippen LogP contribution in [0.2, 0.25) is 0 Å². The summed E-state index contributed by atoms with van der Waals surface area (Å²) in [5.74, 6) is 0. The van der Waals surface area contributed by atoms with E-state index in [1.165, 1.54) is 11.1 Å². The quantitative estimate of drug-likeness (QED) is 0.517. The molecule has 0 saturated heterocycles. The van der Waals surface area contributed by atoms with Crippen LogP contribution in [-0.2, 0) is 0 Å². The highest BCUT2D eigenvalue weighted by Gasteiger charge is 2.06. The second kappa shape index (κ2) is 2.59. The zero-order valence-electron chi connectivity index (χ0n) is 5.99. The van der Waals surface area contributed by atoms with Gasteiger partial charge in [-0.15, -0.1) is 12.6 Å². The lowest BCUT2D eigenvalue weighted by Gasteiger charge is -1.98. The first-order valence-corrected chi connectivity index (χ1v) is 3.99. The fraction of sp³-hybridized carbons (Fsp3) is 0. The molecule has 2 aliphatic rings. The van der Waals surface area contributed by atoms with E-state index in [4.69, 9.17) is 0 Å². The Bertz CT molecular complexity index is 311. The average molecular weight is 160 g/mol. The fourth-order valence-electron chi connectivity index (χ4n) is 1.21. The summed E-state index contributed by atoms with van der Waals surface area (Å²) in [6.07, 6.45) is 14.4. The summed E-state index contributed by atoms with van der Waals surface area (Å²) in [7, 11) is 0. The van der Waals surface area contributed by atoms with Gasteiger partial charge in [0.05, 0.1) is 0 Å². The summed E-state index contributed by atoms with van der Waals surface area (Å²) < 4.78 is 0. The van der Waals surface area contributed by atoms with Gasteiger partial charge >= 0.3 is 0 Å². The first-order chi connectivity index (χ1) is 5.38. The van der Waals surface area contributed by atoms with Gasteiger partial charge in [0.25, 0.3) is 0 Å². The minimum absolute atomic E-state index is 1.05. The topological polar surface area (TPSA) is 0 Å². The van der Waals surface area contributed by atoms with Gasteiger partial charge in [-0.05, 0) is 17.2 Å². The predicted molar refractivity (Wildman–Crippen MR) is 51.5 cm³/mol. The zero-order chi connectivity index (χ0) is 7.68. The Balaban J connectivity index is 2.48. The van der Waals surface area contributed by atoms with E-state index in [2.05, 4.69) is 30.9 Å². The predicted octanol–water partition coefficient (Wildman–Crippen LogP) is 2.79. The average Bonchev–Trinajstić information content (AvgIpc) is 2.55. The normalized spacial score (nSPS) is 20.3. The van der Waals surface area contributed by atoms with E-state index in [1.54, 1.807) is 0 Å². The van der Waals surface area contributed by atoms with Crippen LogP contribution in [0.1, 0.15) is 0 Å². The van der Waals surface area contributed by atoms with E-state index in [9.17, 15) is 0 Å². The van der Waals surface area contributed by atoms with Crippen LogP contribution in [0.15, 0.2) is 58.6 Å². The van der Waals surface area contributed by atoms with E-state index in [0.717, 1.165) is 4.91 Å². The molecule has 0 atom stereocenters. The van der Waals surface area contributed by atoms with E-state index < -0.39 is 0 Å². The van der Waals surface area contributed by atoms with Crippen LogP contribution in [0.3, 0.4) is 0 Å². The number of hydrogen-bond donors (Lipinski definition) is 1. The van der Waals surface area contributed by atoms with Crippen molar-refractivity contribution in [1.82, 2.24) is 0 Å². The lowest BCUT2D eigenvalue weighted by molar-refractivity contribution is 1.62. The molecule has 0 fully saturated rings. The molecule has 0 amide bonds. The highest BCUT2D eigenvalue weighted by molar-refractivity contribution is 7.84. The maximum absolute atomic E-state index is 4.34. The zero-order valence-corrected chi connectivity index (χ0v) is 6.88. The molecule has 0 aromatic rings. The van der Waals surface area contributed by atoms with Gasteiger partial charge < -0.3 is 0 Å². The molecule has 0 radical (unpaired) electrons. The highest BCUT2D eigenvalue weighted by atomic mass is 32.1. The van der Waals surface area contributed by atoms with Crippen molar-refractivity contribution in [2.24, 2.45) is 0 Å². The summed E-state index contributed by atoms with van der Waals surface area (Å²) >= 11 is 4.34. The maximum atomic E-state index is 4.34. The van der Waals surface area contributed by atoms with Crippen LogP contribution in [-0.4, -0.2) is 0 Å². The minimum atomic E-state index is 1.05. The minimum Gasteiger partial charge on any atom is -0.143 e. The van der Waals surface area contributed by atoms with Gasteiger partial charge in [-0.1, -0.05) is 36.5 Å². The molecule has 0 aromatic heterocycles. The molecule has 0 N–H and O–H groups in total. The lowest BCUT2D eigenvalue weighted by Crippen LogP contribution is -1.78. The molecule has 2 aliphatic carbocycles. The third kappa shape index (κ3) is 1.12. The summed E-state index contributed by atoms with van der Waals surface area (Å²) in [6, 6.07) is 0. The Morgan fingerprint density at radius 2 is 1.64 bits per heavy atom. The number of hydrogen-bond acceptors (Lipinski definition) is 1. The van der Waals surface area contributed by atoms with Crippen LogP contribution in [0.4, 0.5) is 0 Å². The van der Waals surface area contributed by atoms with Crippen molar-refractivity contribution in [3.8, 4) is 0 Å². The number of rotatable bonds is 0. The third-order valence-corrected chi connectivity index (χ3v) is 2.16. The summed E-state index contributed by atoms with van der Waals surface area (Å²) in [6.45, 7) is 0. The smallest absolute Gasteiger partial charge is 0.0119 e. The molecule has 0 aliphatic heterocycles. The molecule has 0 unspecified atom stereocenters. The first kappa shape index (κ1) is 6.74. The Hall–Kier alpha value is -0.950. The highest BCUT2D eigenvalue weighted by Crippen LogP contribution is 2.27. The summed E-state index contributed by atoms with van der Waals surface area (Å²) in [4.78, 5) is 1.05. The van der Waals surface area contributed by atoms with Crippen LogP contribution in [0.5, 0.6) is 0 Å². The van der Waals surface area contributed by atoms with Crippen LogP contribution in [0, 0.1) is 0 Å². The maximum Gasteiger partial charge on any atom is 0.0119 e. The molecular weight excluding hydrogens is 152 g/mol. The molecule has 0 heterocycles. The molecule has 0 saturated carbocycles. The first-order valence-electron chi connectivity index (χ1n) is 3.54. The Morgan fingerprint density at radius 3 is 2.18 bits per heavy atom. The van der Waals surface area contributed by atoms with Crippen LogP contribution in [0.25, 0.3) is 0 Å². The number of thiol groups is 1. The van der Waals surface area contributed by atoms with Crippen LogP contribution < -0.4 is 0 Å². The Morgan fingerprint density at radius 1 is 0.909 bits per heavy atom. The van der Waals surface area contributed by atoms with E-state index in [1.807, 2.05) is 24.3 Å². The molecule has 2 rings (SSSR count). The van der Waals surface area contributed by atoms with E-state index in [-0.39, 0.29) is 0 Å². The second-order valence-electron chi connectivity index (χ2n) is 2.50. The molecule has 11 heavy (non-hydrogen) atoms. The number of allylic oxidation sites excluding steroid dienone is 9. The van der Waals surface area contributed by atoms with Crippen molar-refractivity contribution < 1.29 is 0 Å². The van der Waals surface area contributed by atoms with Crippen molar-refractivity contribution in [1.29, 1.82) is 0 Å². The van der Waals surface area contributed by atoms with Gasteiger partial charge in [-0.3, -0.25) is 0 Å². The Kier molecular flexibility index (Phi) is 1.59. The van der Waals surface area contributed by atoms with Crippen molar-refractivity contribution >= 4 is 12.6 Å². The summed E-state index contributed by atoms with van der Waals surface area (Å²) in [5, 5.41) is 0. The Labute approximate surface area is 71.7 Å². The van der Waals surface area contributed by atoms with Gasteiger partial charge in [-0.2, -0.15) is 0 Å². The second-order valence-corrected chi connectivity index (χ2v) is 2.98. The molecule has 54 valence electrons. The lowest BCUT2D eigenvalue weighted by atomic mass is 10.1. The molecule has 0 spiro atoms. The van der Waals surface area contributed by atoms with Gasteiger partial charge in [0.2, 0.25) is 0 Å².